The van der Waals surface area contributed by atoms with Crippen LogP contribution in [0.2, 0.25) is 0 Å². The summed E-state index contributed by atoms with van der Waals surface area (Å²) in [5.41, 5.74) is 0.552. The lowest BCUT2D eigenvalue weighted by Crippen LogP contribution is -2.55. The Bertz CT molecular complexity index is 738. The number of carbonyl (C=O) groups excluding carboxylic acids is 2. The minimum Gasteiger partial charge on any atom is -0.458 e. The summed E-state index contributed by atoms with van der Waals surface area (Å²) in [5, 5.41) is 0. The molecule has 0 aromatic heterocycles. The van der Waals surface area contributed by atoms with E-state index in [0.717, 1.165) is 25.7 Å². The summed E-state index contributed by atoms with van der Waals surface area (Å²) < 4.78 is 12.7. The summed E-state index contributed by atoms with van der Waals surface area (Å²) in [6, 6.07) is 0. The normalized spacial score (nSPS) is 40.2. The quantitative estimate of drug-likeness (QED) is 0.360. The van der Waals surface area contributed by atoms with Gasteiger partial charge in [-0.2, -0.15) is 0 Å². The van der Waals surface area contributed by atoms with Crippen LogP contribution in [0.25, 0.3) is 0 Å². The van der Waals surface area contributed by atoms with E-state index in [1.54, 1.807) is 0 Å². The number of nitrogens with zero attached hydrogens (tertiary/aromatic N) is 1. The average Bonchev–Trinajstić information content (AvgIpc) is 3.25. The van der Waals surface area contributed by atoms with E-state index in [9.17, 15) is 9.59 Å². The van der Waals surface area contributed by atoms with Crippen LogP contribution in [0.15, 0.2) is 0 Å². The molecule has 0 radical (unpaired) electrons. The standard InChI is InChI=1S/C28H48NO4/c1-9-29(10-2,17-23(30)32-21-15-19-11-13-27(21,7)25(19,3)4)18-24(31)33-22-16-20-12-14-28(22,8)26(20,5)6/h19-22H,9-18H2,1-8H3/q+1/t19-,20-,21-,22+,27-,28-/m0/s1. The van der Waals surface area contributed by atoms with Gasteiger partial charge in [0.2, 0.25) is 0 Å². The third-order valence-electron chi connectivity index (χ3n) is 12.2. The molecule has 5 heteroatoms. The lowest BCUT2D eigenvalue weighted by Gasteiger charge is -2.40. The van der Waals surface area contributed by atoms with Crippen molar-refractivity contribution >= 4 is 11.9 Å². The van der Waals surface area contributed by atoms with Gasteiger partial charge in [0.05, 0.1) is 13.1 Å². The van der Waals surface area contributed by atoms with E-state index in [1.807, 2.05) is 0 Å². The van der Waals surface area contributed by atoms with Gasteiger partial charge in [0.1, 0.15) is 12.2 Å². The fraction of sp³-hybridized carbons (Fsp3) is 0.929. The molecule has 188 valence electrons. The van der Waals surface area contributed by atoms with Crippen LogP contribution >= 0.6 is 0 Å². The predicted octanol–water partition coefficient (Wildman–Crippen LogP) is 5.36. The van der Waals surface area contributed by atoms with Crippen molar-refractivity contribution in [3.8, 4) is 0 Å². The molecule has 6 atom stereocenters. The molecule has 4 aliphatic rings. The van der Waals surface area contributed by atoms with Crippen molar-refractivity contribution in [2.24, 2.45) is 33.5 Å². The zero-order chi connectivity index (χ0) is 24.4. The fourth-order valence-electron chi connectivity index (χ4n) is 8.28. The Morgan fingerprint density at radius 2 is 1.09 bits per heavy atom. The van der Waals surface area contributed by atoms with Crippen molar-refractivity contribution in [2.45, 2.75) is 106 Å². The first-order chi connectivity index (χ1) is 15.2. The van der Waals surface area contributed by atoms with E-state index in [1.165, 1.54) is 12.8 Å². The molecule has 0 N–H and O–H groups in total. The highest BCUT2D eigenvalue weighted by molar-refractivity contribution is 5.73. The fourth-order valence-corrected chi connectivity index (χ4v) is 8.28. The number of rotatable bonds is 8. The summed E-state index contributed by atoms with van der Waals surface area (Å²) in [7, 11) is 0. The van der Waals surface area contributed by atoms with Crippen molar-refractivity contribution in [3.05, 3.63) is 0 Å². The lowest BCUT2D eigenvalue weighted by atomic mass is 9.70. The molecule has 0 spiro atoms. The first-order valence-electron chi connectivity index (χ1n) is 13.5. The number of hydrogen-bond donors (Lipinski definition) is 0. The van der Waals surface area contributed by atoms with Crippen molar-refractivity contribution in [1.29, 1.82) is 0 Å². The molecule has 4 saturated carbocycles. The van der Waals surface area contributed by atoms with E-state index in [2.05, 4.69) is 55.4 Å². The molecule has 0 aromatic rings. The molecule has 5 nitrogen and oxygen atoms in total. The van der Waals surface area contributed by atoms with Gasteiger partial charge in [-0.05, 0) is 75.0 Å². The third kappa shape index (κ3) is 3.58. The molecule has 4 bridgehead atoms. The second kappa shape index (κ2) is 7.96. The van der Waals surface area contributed by atoms with Crippen LogP contribution in [0.5, 0.6) is 0 Å². The largest absolute Gasteiger partial charge is 0.458 e. The van der Waals surface area contributed by atoms with Gasteiger partial charge in [-0.1, -0.05) is 41.5 Å². The Labute approximate surface area is 201 Å². The third-order valence-corrected chi connectivity index (χ3v) is 12.2. The molecular weight excluding hydrogens is 414 g/mol. The summed E-state index contributed by atoms with van der Waals surface area (Å²) in [5.74, 6) is 0.960. The molecule has 0 amide bonds. The minimum atomic E-state index is -0.158. The Hall–Kier alpha value is -1.10. The highest BCUT2D eigenvalue weighted by atomic mass is 16.6. The maximum atomic E-state index is 13.1. The average molecular weight is 463 g/mol. The molecule has 4 fully saturated rings. The van der Waals surface area contributed by atoms with Crippen molar-refractivity contribution in [2.75, 3.05) is 26.2 Å². The van der Waals surface area contributed by atoms with Crippen molar-refractivity contribution in [3.63, 3.8) is 0 Å². The minimum absolute atomic E-state index is 0.00228. The zero-order valence-corrected chi connectivity index (χ0v) is 22.5. The highest BCUT2D eigenvalue weighted by Gasteiger charge is 2.64. The molecule has 4 rings (SSSR count). The second-order valence-corrected chi connectivity index (χ2v) is 13.5. The molecule has 0 unspecified atom stereocenters. The van der Waals surface area contributed by atoms with Gasteiger partial charge in [0.15, 0.2) is 13.1 Å². The Kier molecular flexibility index (Phi) is 6.03. The number of ether oxygens (including phenoxy) is 2. The van der Waals surface area contributed by atoms with Gasteiger partial charge in [0.25, 0.3) is 0 Å². The maximum Gasteiger partial charge on any atom is 0.362 e. The Balaban J connectivity index is 1.38. The molecule has 4 aliphatic carbocycles. The number of likely N-dealkylation sites (N-methyl/N-ethyl adjacent to an activating group) is 1. The van der Waals surface area contributed by atoms with Gasteiger partial charge in [-0.3, -0.25) is 0 Å². The zero-order valence-electron chi connectivity index (χ0n) is 22.5. The number of fused-ring (bicyclic) bond motifs is 4. The van der Waals surface area contributed by atoms with Gasteiger partial charge in [-0.25, -0.2) is 9.59 Å². The van der Waals surface area contributed by atoms with Crippen LogP contribution in [0.4, 0.5) is 0 Å². The van der Waals surface area contributed by atoms with Crippen molar-refractivity contribution in [1.82, 2.24) is 0 Å². The topological polar surface area (TPSA) is 52.6 Å². The number of hydrogen-bond acceptors (Lipinski definition) is 4. The number of esters is 2. The SMILES string of the molecule is CC[N+](CC)(CC(=O)O[C@H]1C[C@@H]2CC[C@]1(C)C2(C)C)CC(=O)O[C@@H]1C[C@@H]2CC[C@]1(C)C2(C)C. The van der Waals surface area contributed by atoms with E-state index in [-0.39, 0.29) is 58.9 Å². The summed E-state index contributed by atoms with van der Waals surface area (Å²) in [6.07, 6.45) is 6.70. The molecule has 0 heterocycles. The molecule has 0 aromatic carbocycles. The summed E-state index contributed by atoms with van der Waals surface area (Å²) in [6.45, 7) is 20.0. The lowest BCUT2D eigenvalue weighted by molar-refractivity contribution is -0.911. The van der Waals surface area contributed by atoms with Crippen molar-refractivity contribution < 1.29 is 23.5 Å². The van der Waals surface area contributed by atoms with Crippen LogP contribution in [0, 0.1) is 33.5 Å². The number of carbonyl (C=O) groups is 2. The summed E-state index contributed by atoms with van der Waals surface area (Å²) >= 11 is 0. The van der Waals surface area contributed by atoms with Gasteiger partial charge in [0, 0.05) is 10.8 Å². The maximum absolute atomic E-state index is 13.1. The van der Waals surface area contributed by atoms with Gasteiger partial charge < -0.3 is 14.0 Å². The Morgan fingerprint density at radius 3 is 1.33 bits per heavy atom. The first kappa shape index (κ1) is 25.0. The van der Waals surface area contributed by atoms with Crippen LogP contribution in [0.1, 0.15) is 93.9 Å². The molecule has 0 aliphatic heterocycles. The van der Waals surface area contributed by atoms with Crippen LogP contribution in [0.3, 0.4) is 0 Å². The van der Waals surface area contributed by atoms with Crippen LogP contribution < -0.4 is 0 Å². The predicted molar refractivity (Wildman–Crippen MR) is 129 cm³/mol. The van der Waals surface area contributed by atoms with Gasteiger partial charge >= 0.3 is 11.9 Å². The summed E-state index contributed by atoms with van der Waals surface area (Å²) in [4.78, 5) is 26.3. The molecule has 0 saturated heterocycles. The first-order valence-corrected chi connectivity index (χ1v) is 13.5. The molecular formula is C28H48NO4+. The smallest absolute Gasteiger partial charge is 0.362 e. The van der Waals surface area contributed by atoms with Crippen LogP contribution in [-0.4, -0.2) is 54.8 Å². The number of quaternary nitrogens is 1. The van der Waals surface area contributed by atoms with E-state index in [0.29, 0.717) is 29.4 Å². The van der Waals surface area contributed by atoms with E-state index < -0.39 is 0 Å². The van der Waals surface area contributed by atoms with Gasteiger partial charge in [-0.15, -0.1) is 0 Å². The Morgan fingerprint density at radius 1 is 0.727 bits per heavy atom. The molecule has 33 heavy (non-hydrogen) atoms. The highest BCUT2D eigenvalue weighted by Crippen LogP contribution is 2.67. The van der Waals surface area contributed by atoms with E-state index in [4.69, 9.17) is 9.47 Å². The second-order valence-electron chi connectivity index (χ2n) is 13.5. The monoisotopic (exact) mass is 462 g/mol. The van der Waals surface area contributed by atoms with E-state index >= 15 is 0 Å². The van der Waals surface area contributed by atoms with Crippen LogP contribution in [-0.2, 0) is 19.1 Å².